The number of carbonyl (C=O) groups is 1. The molecule has 0 aliphatic rings. The number of amides is 1. The number of hydrogen-bond donors (Lipinski definition) is 2. The Morgan fingerprint density at radius 2 is 2.50 bits per heavy atom. The fraction of sp³-hybridized carbons (Fsp3) is 0.300. The van der Waals surface area contributed by atoms with Crippen LogP contribution >= 0.6 is 24.0 Å². The number of allylic oxidation sites excluding steroid dienone is 1. The first-order valence-corrected chi connectivity index (χ1v) is 5.73. The highest BCUT2D eigenvalue weighted by molar-refractivity contribution is 7.80. The Morgan fingerprint density at radius 3 is 3.07 bits per heavy atom. The second-order valence-corrected chi connectivity index (χ2v) is 4.21. The molecule has 0 fully saturated rings. The SMILES string of the molecule is C/C=C/CCNC(=O)c1cc(S)cs1. The van der Waals surface area contributed by atoms with Gasteiger partial charge in [-0.15, -0.1) is 24.0 Å². The van der Waals surface area contributed by atoms with Gasteiger partial charge in [-0.1, -0.05) is 12.2 Å². The van der Waals surface area contributed by atoms with Crippen LogP contribution in [0.2, 0.25) is 0 Å². The van der Waals surface area contributed by atoms with Gasteiger partial charge >= 0.3 is 0 Å². The summed E-state index contributed by atoms with van der Waals surface area (Å²) in [5.41, 5.74) is 0. The van der Waals surface area contributed by atoms with Crippen LogP contribution in [-0.2, 0) is 0 Å². The van der Waals surface area contributed by atoms with E-state index in [2.05, 4.69) is 17.9 Å². The molecule has 0 aromatic carbocycles. The maximum Gasteiger partial charge on any atom is 0.261 e. The van der Waals surface area contributed by atoms with Crippen molar-refractivity contribution in [1.29, 1.82) is 0 Å². The normalized spacial score (nSPS) is 10.7. The summed E-state index contributed by atoms with van der Waals surface area (Å²) >= 11 is 5.56. The van der Waals surface area contributed by atoms with E-state index in [9.17, 15) is 4.79 Å². The van der Waals surface area contributed by atoms with Crippen molar-refractivity contribution < 1.29 is 4.79 Å². The topological polar surface area (TPSA) is 29.1 Å². The average Bonchev–Trinajstić information content (AvgIpc) is 2.59. The van der Waals surface area contributed by atoms with Gasteiger partial charge in [0, 0.05) is 16.8 Å². The number of nitrogens with one attached hydrogen (secondary N) is 1. The Hall–Kier alpha value is -0.740. The van der Waals surface area contributed by atoms with Crippen molar-refractivity contribution in [3.8, 4) is 0 Å². The van der Waals surface area contributed by atoms with E-state index in [1.807, 2.05) is 24.5 Å². The summed E-state index contributed by atoms with van der Waals surface area (Å²) in [5, 5.41) is 4.68. The third-order valence-electron chi connectivity index (χ3n) is 1.64. The van der Waals surface area contributed by atoms with Crippen LogP contribution in [0.3, 0.4) is 0 Å². The molecule has 0 radical (unpaired) electrons. The highest BCUT2D eigenvalue weighted by atomic mass is 32.1. The average molecular weight is 227 g/mol. The molecule has 2 nitrogen and oxygen atoms in total. The second-order valence-electron chi connectivity index (χ2n) is 2.78. The Balaban J connectivity index is 2.35. The summed E-state index contributed by atoms with van der Waals surface area (Å²) in [6, 6.07) is 1.78. The zero-order chi connectivity index (χ0) is 10.4. The minimum absolute atomic E-state index is 0.0141. The molecule has 0 spiro atoms. The smallest absolute Gasteiger partial charge is 0.261 e. The van der Waals surface area contributed by atoms with E-state index < -0.39 is 0 Å². The summed E-state index contributed by atoms with van der Waals surface area (Å²) in [4.78, 5) is 13.0. The Labute approximate surface area is 93.4 Å². The molecule has 0 bridgehead atoms. The van der Waals surface area contributed by atoms with Crippen molar-refractivity contribution in [3.05, 3.63) is 28.5 Å². The van der Waals surface area contributed by atoms with Gasteiger partial charge in [0.05, 0.1) is 4.88 Å². The minimum Gasteiger partial charge on any atom is -0.351 e. The standard InChI is InChI=1S/C10H13NOS2/c1-2-3-4-5-11-10(12)9-6-8(13)7-14-9/h2-3,6-7,13H,4-5H2,1H3,(H,11,12)/b3-2+. The quantitative estimate of drug-likeness (QED) is 0.462. The molecule has 0 aliphatic carbocycles. The summed E-state index contributed by atoms with van der Waals surface area (Å²) in [7, 11) is 0. The van der Waals surface area contributed by atoms with E-state index in [0.717, 1.165) is 16.2 Å². The van der Waals surface area contributed by atoms with E-state index in [0.29, 0.717) is 6.54 Å². The molecule has 1 N–H and O–H groups in total. The van der Waals surface area contributed by atoms with Gasteiger partial charge in [-0.25, -0.2) is 0 Å². The van der Waals surface area contributed by atoms with Crippen LogP contribution in [0.15, 0.2) is 28.5 Å². The van der Waals surface area contributed by atoms with Crippen molar-refractivity contribution in [3.63, 3.8) is 0 Å². The van der Waals surface area contributed by atoms with Gasteiger partial charge < -0.3 is 5.32 Å². The first-order valence-electron chi connectivity index (χ1n) is 4.41. The second kappa shape index (κ2) is 5.88. The summed E-state index contributed by atoms with van der Waals surface area (Å²) in [6.07, 6.45) is 4.88. The highest BCUT2D eigenvalue weighted by Gasteiger charge is 2.06. The van der Waals surface area contributed by atoms with E-state index >= 15 is 0 Å². The molecule has 1 aromatic rings. The molecule has 76 valence electrons. The van der Waals surface area contributed by atoms with Gasteiger partial charge in [0.15, 0.2) is 0 Å². The monoisotopic (exact) mass is 227 g/mol. The molecular formula is C10H13NOS2. The maximum atomic E-state index is 11.5. The van der Waals surface area contributed by atoms with Crippen molar-refractivity contribution in [1.82, 2.24) is 5.32 Å². The first-order chi connectivity index (χ1) is 6.74. The van der Waals surface area contributed by atoms with Crippen LogP contribution in [0.1, 0.15) is 23.0 Å². The molecule has 0 atom stereocenters. The van der Waals surface area contributed by atoms with Crippen LogP contribution in [0.5, 0.6) is 0 Å². The number of thiol groups is 1. The van der Waals surface area contributed by atoms with E-state index in [1.54, 1.807) is 6.07 Å². The van der Waals surface area contributed by atoms with Gasteiger partial charge in [-0.05, 0) is 19.4 Å². The highest BCUT2D eigenvalue weighted by Crippen LogP contribution is 2.17. The molecule has 1 aromatic heterocycles. The van der Waals surface area contributed by atoms with Crippen molar-refractivity contribution in [2.75, 3.05) is 6.54 Å². The molecular weight excluding hydrogens is 214 g/mol. The maximum absolute atomic E-state index is 11.5. The minimum atomic E-state index is -0.0141. The molecule has 1 heterocycles. The van der Waals surface area contributed by atoms with Crippen molar-refractivity contribution in [2.24, 2.45) is 0 Å². The molecule has 14 heavy (non-hydrogen) atoms. The zero-order valence-electron chi connectivity index (χ0n) is 7.99. The lowest BCUT2D eigenvalue weighted by molar-refractivity contribution is 0.0958. The molecule has 0 saturated carbocycles. The lowest BCUT2D eigenvalue weighted by atomic mass is 10.3. The number of rotatable bonds is 4. The summed E-state index contributed by atoms with van der Waals surface area (Å²) in [6.45, 7) is 2.65. The van der Waals surface area contributed by atoms with Gasteiger partial charge in [-0.2, -0.15) is 0 Å². The third kappa shape index (κ3) is 3.55. The van der Waals surface area contributed by atoms with E-state index in [-0.39, 0.29) is 5.91 Å². The Morgan fingerprint density at radius 1 is 1.71 bits per heavy atom. The van der Waals surface area contributed by atoms with Crippen LogP contribution in [-0.4, -0.2) is 12.5 Å². The van der Waals surface area contributed by atoms with Crippen molar-refractivity contribution in [2.45, 2.75) is 18.2 Å². The summed E-state index contributed by atoms with van der Waals surface area (Å²) < 4.78 is 0. The van der Waals surface area contributed by atoms with Gasteiger partial charge in [0.2, 0.25) is 0 Å². The number of carbonyl (C=O) groups excluding carboxylic acids is 1. The zero-order valence-corrected chi connectivity index (χ0v) is 9.70. The molecule has 0 unspecified atom stereocenters. The predicted octanol–water partition coefficient (Wildman–Crippen LogP) is 2.73. The lowest BCUT2D eigenvalue weighted by Gasteiger charge is -1.99. The van der Waals surface area contributed by atoms with Crippen LogP contribution in [0, 0.1) is 0 Å². The van der Waals surface area contributed by atoms with Crippen LogP contribution in [0.4, 0.5) is 0 Å². The predicted molar refractivity (Wildman–Crippen MR) is 63.3 cm³/mol. The third-order valence-corrected chi connectivity index (χ3v) is 3.00. The van der Waals surface area contributed by atoms with Crippen molar-refractivity contribution >= 4 is 29.9 Å². The van der Waals surface area contributed by atoms with Gasteiger partial charge in [0.1, 0.15) is 0 Å². The first kappa shape index (κ1) is 11.3. The van der Waals surface area contributed by atoms with E-state index in [1.165, 1.54) is 11.3 Å². The number of thiophene rings is 1. The molecule has 4 heteroatoms. The fourth-order valence-corrected chi connectivity index (χ4v) is 2.03. The van der Waals surface area contributed by atoms with Crippen LogP contribution in [0.25, 0.3) is 0 Å². The van der Waals surface area contributed by atoms with E-state index in [4.69, 9.17) is 0 Å². The summed E-state index contributed by atoms with van der Waals surface area (Å²) in [5.74, 6) is -0.0141. The lowest BCUT2D eigenvalue weighted by Crippen LogP contribution is -2.23. The van der Waals surface area contributed by atoms with Gasteiger partial charge in [0.25, 0.3) is 5.91 Å². The fourth-order valence-electron chi connectivity index (χ4n) is 0.968. The van der Waals surface area contributed by atoms with Gasteiger partial charge in [-0.3, -0.25) is 4.79 Å². The number of hydrogen-bond acceptors (Lipinski definition) is 3. The molecule has 1 rings (SSSR count). The largest absolute Gasteiger partial charge is 0.351 e. The molecule has 0 saturated heterocycles. The Bertz CT molecular complexity index is 331. The molecule has 1 amide bonds. The molecule has 0 aliphatic heterocycles. The Kier molecular flexibility index (Phi) is 4.76. The van der Waals surface area contributed by atoms with Crippen LogP contribution < -0.4 is 5.32 Å².